The van der Waals surface area contributed by atoms with E-state index in [1.165, 1.54) is 10.7 Å². The normalized spacial score (nSPS) is 12.6. The van der Waals surface area contributed by atoms with E-state index in [0.717, 1.165) is 5.56 Å². The molecule has 0 atom stereocenters. The van der Waals surface area contributed by atoms with Crippen LogP contribution >= 0.6 is 0 Å². The maximum atomic E-state index is 12.1. The molecule has 0 aliphatic carbocycles. The minimum atomic E-state index is -0.327. The van der Waals surface area contributed by atoms with E-state index in [2.05, 4.69) is 5.10 Å². The highest BCUT2D eigenvalue weighted by Crippen LogP contribution is 2.32. The van der Waals surface area contributed by atoms with Gasteiger partial charge in [0.1, 0.15) is 0 Å². The second-order valence-corrected chi connectivity index (χ2v) is 4.73. The van der Waals surface area contributed by atoms with E-state index < -0.39 is 0 Å². The van der Waals surface area contributed by atoms with Gasteiger partial charge in [-0.1, -0.05) is 6.07 Å². The van der Waals surface area contributed by atoms with Crippen molar-refractivity contribution in [3.8, 4) is 11.5 Å². The van der Waals surface area contributed by atoms with Crippen LogP contribution in [-0.4, -0.2) is 22.5 Å². The Labute approximate surface area is 120 Å². The SMILES string of the molecule is NCc1cc(=O)[nH]n1C(=O)CCc1ccc2c(c1)OCO2. The fourth-order valence-electron chi connectivity index (χ4n) is 2.26. The van der Waals surface area contributed by atoms with Crippen LogP contribution in [0.2, 0.25) is 0 Å². The number of benzene rings is 1. The van der Waals surface area contributed by atoms with Gasteiger partial charge in [0.2, 0.25) is 12.7 Å². The second kappa shape index (κ2) is 5.45. The van der Waals surface area contributed by atoms with E-state index in [4.69, 9.17) is 15.2 Å². The highest BCUT2D eigenvalue weighted by molar-refractivity contribution is 5.78. The van der Waals surface area contributed by atoms with Crippen molar-refractivity contribution in [2.75, 3.05) is 6.79 Å². The fraction of sp³-hybridized carbons (Fsp3) is 0.286. The van der Waals surface area contributed by atoms with Gasteiger partial charge < -0.3 is 15.2 Å². The Bertz CT molecular complexity index is 732. The molecule has 3 N–H and O–H groups in total. The predicted octanol–water partition coefficient (Wildman–Crippen LogP) is 0.637. The molecule has 1 aromatic heterocycles. The van der Waals surface area contributed by atoms with Gasteiger partial charge in [0.15, 0.2) is 11.5 Å². The van der Waals surface area contributed by atoms with E-state index in [1.54, 1.807) is 0 Å². The molecular formula is C14H15N3O4. The summed E-state index contributed by atoms with van der Waals surface area (Å²) in [7, 11) is 0. The molecule has 0 unspecified atom stereocenters. The highest BCUT2D eigenvalue weighted by atomic mass is 16.7. The van der Waals surface area contributed by atoms with Gasteiger partial charge >= 0.3 is 0 Å². The topological polar surface area (TPSA) is 99.3 Å². The Kier molecular flexibility index (Phi) is 3.49. The monoisotopic (exact) mass is 289 g/mol. The molecule has 110 valence electrons. The second-order valence-electron chi connectivity index (χ2n) is 4.73. The molecule has 1 aliphatic heterocycles. The van der Waals surface area contributed by atoms with Crippen molar-refractivity contribution in [3.05, 3.63) is 45.9 Å². The first-order valence-corrected chi connectivity index (χ1v) is 6.60. The number of aromatic amines is 1. The Hall–Kier alpha value is -2.54. The molecule has 0 radical (unpaired) electrons. The summed E-state index contributed by atoms with van der Waals surface area (Å²) >= 11 is 0. The summed E-state index contributed by atoms with van der Waals surface area (Å²) in [6.07, 6.45) is 0.803. The Morgan fingerprint density at radius 3 is 2.90 bits per heavy atom. The summed E-state index contributed by atoms with van der Waals surface area (Å²) in [5, 5.41) is 2.46. The van der Waals surface area contributed by atoms with Gasteiger partial charge in [0.25, 0.3) is 5.56 Å². The number of carbonyl (C=O) groups is 1. The van der Waals surface area contributed by atoms with Crippen molar-refractivity contribution in [1.29, 1.82) is 0 Å². The maximum absolute atomic E-state index is 12.1. The van der Waals surface area contributed by atoms with E-state index in [0.29, 0.717) is 23.6 Å². The van der Waals surface area contributed by atoms with Crippen LogP contribution in [0, 0.1) is 0 Å². The van der Waals surface area contributed by atoms with Gasteiger partial charge in [0, 0.05) is 19.0 Å². The summed E-state index contributed by atoms with van der Waals surface area (Å²) in [5.74, 6) is 1.21. The Morgan fingerprint density at radius 1 is 1.29 bits per heavy atom. The summed E-state index contributed by atoms with van der Waals surface area (Å²) in [6.45, 7) is 0.358. The summed E-state index contributed by atoms with van der Waals surface area (Å²) in [5.41, 5.74) is 6.63. The molecule has 3 rings (SSSR count). The lowest BCUT2D eigenvalue weighted by molar-refractivity contribution is 0.0883. The molecule has 1 aromatic carbocycles. The largest absolute Gasteiger partial charge is 0.454 e. The summed E-state index contributed by atoms with van der Waals surface area (Å²) < 4.78 is 11.7. The number of nitrogens with one attached hydrogen (secondary N) is 1. The first kappa shape index (κ1) is 13.4. The molecule has 0 fully saturated rings. The zero-order chi connectivity index (χ0) is 14.8. The van der Waals surface area contributed by atoms with Gasteiger partial charge in [-0.15, -0.1) is 0 Å². The van der Waals surface area contributed by atoms with Crippen molar-refractivity contribution < 1.29 is 14.3 Å². The molecule has 1 aliphatic rings. The molecule has 0 amide bonds. The van der Waals surface area contributed by atoms with Crippen LogP contribution in [0.3, 0.4) is 0 Å². The number of fused-ring (bicyclic) bond motifs is 1. The molecule has 7 nitrogen and oxygen atoms in total. The molecule has 7 heteroatoms. The molecular weight excluding hydrogens is 274 g/mol. The van der Waals surface area contributed by atoms with Crippen molar-refractivity contribution in [2.24, 2.45) is 5.73 Å². The van der Waals surface area contributed by atoms with Crippen molar-refractivity contribution in [1.82, 2.24) is 9.78 Å². The lowest BCUT2D eigenvalue weighted by Crippen LogP contribution is -2.19. The molecule has 0 saturated carbocycles. The number of nitrogens with two attached hydrogens (primary N) is 1. The number of carbonyl (C=O) groups excluding carboxylic acids is 1. The highest BCUT2D eigenvalue weighted by Gasteiger charge is 2.15. The van der Waals surface area contributed by atoms with Crippen molar-refractivity contribution in [3.63, 3.8) is 0 Å². The zero-order valence-electron chi connectivity index (χ0n) is 11.3. The minimum absolute atomic E-state index is 0.133. The standard InChI is InChI=1S/C14H15N3O4/c15-7-10-6-13(18)16-17(10)14(19)4-2-9-1-3-11-12(5-9)21-8-20-11/h1,3,5-6H,2,4,7-8,15H2,(H,16,18). The smallest absolute Gasteiger partial charge is 0.264 e. The third-order valence-corrected chi connectivity index (χ3v) is 3.33. The predicted molar refractivity (Wildman–Crippen MR) is 74.5 cm³/mol. The Morgan fingerprint density at radius 2 is 2.10 bits per heavy atom. The van der Waals surface area contributed by atoms with Crippen LogP contribution in [0.5, 0.6) is 11.5 Å². The fourth-order valence-corrected chi connectivity index (χ4v) is 2.26. The quantitative estimate of drug-likeness (QED) is 0.860. The number of aryl methyl sites for hydroxylation is 1. The van der Waals surface area contributed by atoms with E-state index in [1.807, 2.05) is 18.2 Å². The molecule has 2 aromatic rings. The van der Waals surface area contributed by atoms with Gasteiger partial charge in [-0.25, -0.2) is 4.68 Å². The molecule has 0 saturated heterocycles. The number of H-pyrrole nitrogens is 1. The lowest BCUT2D eigenvalue weighted by Gasteiger charge is -2.06. The number of aromatic nitrogens is 2. The van der Waals surface area contributed by atoms with Crippen LogP contribution in [0.1, 0.15) is 22.5 Å². The molecule has 0 spiro atoms. The lowest BCUT2D eigenvalue weighted by atomic mass is 10.1. The first-order valence-electron chi connectivity index (χ1n) is 6.60. The van der Waals surface area contributed by atoms with Crippen molar-refractivity contribution >= 4 is 5.91 Å². The first-order chi connectivity index (χ1) is 10.2. The van der Waals surface area contributed by atoms with E-state index in [9.17, 15) is 9.59 Å². The van der Waals surface area contributed by atoms with E-state index in [-0.39, 0.29) is 31.2 Å². The molecule has 21 heavy (non-hydrogen) atoms. The number of rotatable bonds is 4. The van der Waals surface area contributed by atoms with Crippen LogP contribution in [0.4, 0.5) is 0 Å². The third kappa shape index (κ3) is 2.68. The van der Waals surface area contributed by atoms with Gasteiger partial charge in [0.05, 0.1) is 5.69 Å². The van der Waals surface area contributed by atoms with Crippen LogP contribution in [0.15, 0.2) is 29.1 Å². The van der Waals surface area contributed by atoms with Crippen molar-refractivity contribution in [2.45, 2.75) is 19.4 Å². The molecule has 2 heterocycles. The maximum Gasteiger partial charge on any atom is 0.264 e. The van der Waals surface area contributed by atoms with Crippen LogP contribution < -0.4 is 20.8 Å². The minimum Gasteiger partial charge on any atom is -0.454 e. The van der Waals surface area contributed by atoms with E-state index >= 15 is 0 Å². The number of nitrogens with zero attached hydrogens (tertiary/aromatic N) is 1. The van der Waals surface area contributed by atoms with Crippen LogP contribution in [0.25, 0.3) is 0 Å². The zero-order valence-corrected chi connectivity index (χ0v) is 11.3. The van der Waals surface area contributed by atoms with Gasteiger partial charge in [-0.05, 0) is 24.1 Å². The van der Waals surface area contributed by atoms with Gasteiger partial charge in [-0.2, -0.15) is 0 Å². The average Bonchev–Trinajstić information content (AvgIpc) is 3.09. The van der Waals surface area contributed by atoms with Gasteiger partial charge in [-0.3, -0.25) is 14.7 Å². The van der Waals surface area contributed by atoms with Crippen LogP contribution in [-0.2, 0) is 13.0 Å². The number of hydrogen-bond acceptors (Lipinski definition) is 5. The summed E-state index contributed by atoms with van der Waals surface area (Å²) in [4.78, 5) is 23.4. The molecule has 0 bridgehead atoms. The Balaban J connectivity index is 1.69. The average molecular weight is 289 g/mol. The number of ether oxygens (including phenoxy) is 2. The third-order valence-electron chi connectivity index (χ3n) is 3.33. The summed E-state index contributed by atoms with van der Waals surface area (Å²) in [6, 6.07) is 6.91. The number of hydrogen-bond donors (Lipinski definition) is 2.